The molecule has 2 N–H and O–H groups in total. The summed E-state index contributed by atoms with van der Waals surface area (Å²) in [6, 6.07) is 14.1. The van der Waals surface area contributed by atoms with Crippen molar-refractivity contribution in [2.24, 2.45) is 5.92 Å². The van der Waals surface area contributed by atoms with E-state index in [1.54, 1.807) is 13.8 Å². The van der Waals surface area contributed by atoms with Gasteiger partial charge in [-0.1, -0.05) is 75.7 Å². The third-order valence-corrected chi connectivity index (χ3v) is 5.24. The average Bonchev–Trinajstić information content (AvgIpc) is 3.32. The van der Waals surface area contributed by atoms with Crippen molar-refractivity contribution < 1.29 is 18.8 Å². The summed E-state index contributed by atoms with van der Waals surface area (Å²) in [5, 5.41) is 24.0. The number of tetrazole rings is 1. The Balaban J connectivity index is 1.83. The molecule has 8 nitrogen and oxygen atoms in total. The van der Waals surface area contributed by atoms with Gasteiger partial charge in [0.05, 0.1) is 0 Å². The number of hydrogen-bond donors (Lipinski definition) is 2. The van der Waals surface area contributed by atoms with Gasteiger partial charge in [0.15, 0.2) is 0 Å². The minimum Gasteiger partial charge on any atom is -0.480 e. The van der Waals surface area contributed by atoms with Crippen LogP contribution in [0, 0.1) is 5.92 Å². The fourth-order valence-corrected chi connectivity index (χ4v) is 3.70. The quantitative estimate of drug-likeness (QED) is 0.491. The molecule has 3 aromatic rings. The van der Waals surface area contributed by atoms with E-state index in [-0.39, 0.29) is 37.6 Å². The molecule has 0 fully saturated rings. The molecule has 1 amide bonds. The molecule has 0 aliphatic rings. The number of H-pyrrole nitrogens is 1. The monoisotopic (exact) mass is 438 g/mol. The van der Waals surface area contributed by atoms with Gasteiger partial charge < -0.3 is 10.0 Å². The SMILES string of the molecule is [2H]C([2H])([2H])CCCC(=O)N(Cc1ccc(-c2ccccc2-c2nn[nH]n2)cc1)C(C(=O)O)C(C)C. The van der Waals surface area contributed by atoms with Crippen LogP contribution in [0.25, 0.3) is 22.5 Å². The average molecular weight is 439 g/mol. The summed E-state index contributed by atoms with van der Waals surface area (Å²) in [5.41, 5.74) is 3.39. The lowest BCUT2D eigenvalue weighted by atomic mass is 9.97. The van der Waals surface area contributed by atoms with Crippen molar-refractivity contribution in [2.75, 3.05) is 0 Å². The highest BCUT2D eigenvalue weighted by Gasteiger charge is 2.32. The third kappa shape index (κ3) is 5.38. The lowest BCUT2D eigenvalue weighted by Crippen LogP contribution is -2.47. The summed E-state index contributed by atoms with van der Waals surface area (Å²) in [7, 11) is 0. The molecule has 1 aromatic heterocycles. The molecule has 168 valence electrons. The Bertz CT molecular complexity index is 1130. The van der Waals surface area contributed by atoms with Gasteiger partial charge in [0.1, 0.15) is 6.04 Å². The van der Waals surface area contributed by atoms with E-state index in [0.717, 1.165) is 22.3 Å². The van der Waals surface area contributed by atoms with Crippen LogP contribution in [0.1, 0.15) is 49.6 Å². The van der Waals surface area contributed by atoms with Gasteiger partial charge in [0.2, 0.25) is 11.7 Å². The van der Waals surface area contributed by atoms with Crippen molar-refractivity contribution in [3.8, 4) is 22.5 Å². The molecule has 1 atom stereocenters. The highest BCUT2D eigenvalue weighted by Crippen LogP contribution is 2.30. The number of aromatic nitrogens is 4. The lowest BCUT2D eigenvalue weighted by Gasteiger charge is -2.32. The maximum absolute atomic E-state index is 13.0. The second-order valence-electron chi connectivity index (χ2n) is 7.88. The maximum Gasteiger partial charge on any atom is 0.326 e. The second kappa shape index (κ2) is 10.7. The molecule has 32 heavy (non-hydrogen) atoms. The van der Waals surface area contributed by atoms with Crippen LogP contribution in [-0.2, 0) is 16.1 Å². The first kappa shape index (κ1) is 19.2. The largest absolute Gasteiger partial charge is 0.480 e. The highest BCUT2D eigenvalue weighted by molar-refractivity contribution is 5.84. The van der Waals surface area contributed by atoms with Crippen molar-refractivity contribution in [1.29, 1.82) is 0 Å². The molecule has 0 saturated carbocycles. The predicted octanol–water partition coefficient (Wildman–Crippen LogP) is 4.16. The van der Waals surface area contributed by atoms with Gasteiger partial charge >= 0.3 is 5.97 Å². The van der Waals surface area contributed by atoms with E-state index in [1.165, 1.54) is 4.90 Å². The van der Waals surface area contributed by atoms with Crippen LogP contribution in [-0.4, -0.2) is 48.5 Å². The lowest BCUT2D eigenvalue weighted by molar-refractivity contribution is -0.153. The van der Waals surface area contributed by atoms with Crippen molar-refractivity contribution >= 4 is 11.9 Å². The molecule has 0 spiro atoms. The van der Waals surface area contributed by atoms with E-state index < -0.39 is 18.9 Å². The van der Waals surface area contributed by atoms with Gasteiger partial charge in [0.25, 0.3) is 0 Å². The van der Waals surface area contributed by atoms with Crippen LogP contribution in [0.15, 0.2) is 48.5 Å². The highest BCUT2D eigenvalue weighted by atomic mass is 16.4. The van der Waals surface area contributed by atoms with Crippen LogP contribution in [0.4, 0.5) is 0 Å². The molecule has 8 heteroatoms. The van der Waals surface area contributed by atoms with E-state index >= 15 is 0 Å². The van der Waals surface area contributed by atoms with Gasteiger partial charge in [-0.3, -0.25) is 4.79 Å². The number of nitrogens with one attached hydrogen (secondary N) is 1. The molecule has 0 radical (unpaired) electrons. The first-order chi connectivity index (χ1) is 16.6. The van der Waals surface area contributed by atoms with Gasteiger partial charge in [-0.05, 0) is 34.2 Å². The van der Waals surface area contributed by atoms with Crippen LogP contribution >= 0.6 is 0 Å². The van der Waals surface area contributed by atoms with Gasteiger partial charge in [-0.15, -0.1) is 10.2 Å². The summed E-state index contributed by atoms with van der Waals surface area (Å²) >= 11 is 0. The molecular weight excluding hydrogens is 406 g/mol. The Hall–Kier alpha value is -3.55. The molecule has 0 saturated heterocycles. The fraction of sp³-hybridized carbons (Fsp3) is 0.375. The number of hydrogen-bond acceptors (Lipinski definition) is 5. The minimum atomic E-state index is -2.12. The smallest absolute Gasteiger partial charge is 0.326 e. The molecule has 1 unspecified atom stereocenters. The summed E-state index contributed by atoms with van der Waals surface area (Å²) < 4.78 is 22.0. The van der Waals surface area contributed by atoms with Crippen molar-refractivity contribution in [3.05, 3.63) is 54.1 Å². The summed E-state index contributed by atoms with van der Waals surface area (Å²) in [6.45, 7) is 1.48. The van der Waals surface area contributed by atoms with Crippen LogP contribution in [0.2, 0.25) is 0 Å². The first-order valence-corrected chi connectivity index (χ1v) is 10.5. The van der Waals surface area contributed by atoms with Crippen LogP contribution < -0.4 is 0 Å². The number of rotatable bonds is 10. The Morgan fingerprint density at radius 3 is 2.44 bits per heavy atom. The molecule has 0 aliphatic carbocycles. The van der Waals surface area contributed by atoms with Crippen molar-refractivity contribution in [3.63, 3.8) is 0 Å². The van der Waals surface area contributed by atoms with Crippen LogP contribution in [0.3, 0.4) is 0 Å². The number of nitrogens with zero attached hydrogens (tertiary/aromatic N) is 4. The normalized spacial score (nSPS) is 13.8. The molecule has 2 aromatic carbocycles. The first-order valence-electron chi connectivity index (χ1n) is 12.0. The van der Waals surface area contributed by atoms with E-state index in [9.17, 15) is 14.7 Å². The number of carboxylic acid groups (broad SMARTS) is 1. The van der Waals surface area contributed by atoms with E-state index in [2.05, 4.69) is 20.6 Å². The van der Waals surface area contributed by atoms with E-state index in [1.807, 2.05) is 48.5 Å². The number of carbonyl (C=O) groups excluding carboxylic acids is 1. The van der Waals surface area contributed by atoms with Gasteiger partial charge in [-0.2, -0.15) is 5.21 Å². The van der Waals surface area contributed by atoms with Crippen molar-refractivity contribution in [1.82, 2.24) is 25.5 Å². The van der Waals surface area contributed by atoms with E-state index in [4.69, 9.17) is 4.11 Å². The zero-order valence-electron chi connectivity index (χ0n) is 21.2. The second-order valence-corrected chi connectivity index (χ2v) is 7.88. The minimum absolute atomic E-state index is 0.0228. The topological polar surface area (TPSA) is 112 Å². The maximum atomic E-state index is 13.0. The Morgan fingerprint density at radius 1 is 1.12 bits per heavy atom. The number of amides is 1. The van der Waals surface area contributed by atoms with Gasteiger partial charge in [0, 0.05) is 22.6 Å². The summed E-state index contributed by atoms with van der Waals surface area (Å²) in [6.07, 6.45) is 0.0492. The molecular formula is C24H29N5O3. The zero-order valence-corrected chi connectivity index (χ0v) is 18.2. The van der Waals surface area contributed by atoms with Crippen molar-refractivity contribution in [2.45, 2.75) is 52.5 Å². The third-order valence-electron chi connectivity index (χ3n) is 5.24. The summed E-state index contributed by atoms with van der Waals surface area (Å²) in [4.78, 5) is 26.3. The Labute approximate surface area is 191 Å². The zero-order chi connectivity index (χ0) is 25.6. The molecule has 3 rings (SSSR count). The molecule has 0 bridgehead atoms. The van der Waals surface area contributed by atoms with E-state index in [0.29, 0.717) is 5.82 Å². The number of carboxylic acids is 1. The molecule has 0 aliphatic heterocycles. The number of aromatic amines is 1. The predicted molar refractivity (Wildman–Crippen MR) is 121 cm³/mol. The Kier molecular flexibility index (Phi) is 6.38. The standard InChI is InChI=1S/C24H29N5O3/c1-4-5-10-21(30)29(22(16(2)3)24(31)32)15-17-11-13-18(14-12-17)19-8-6-7-9-20(19)23-25-27-28-26-23/h6-9,11-14,16,22H,4-5,10,15H2,1-3H3,(H,31,32)(H,25,26,27,28)/i1D3. The summed E-state index contributed by atoms with van der Waals surface area (Å²) in [5.74, 6) is -1.31. The fourth-order valence-electron chi connectivity index (χ4n) is 3.70. The number of carbonyl (C=O) groups is 2. The van der Waals surface area contributed by atoms with Crippen LogP contribution in [0.5, 0.6) is 0 Å². The van der Waals surface area contributed by atoms with Gasteiger partial charge in [-0.25, -0.2) is 4.79 Å². The molecule has 1 heterocycles. The Morgan fingerprint density at radius 2 is 1.84 bits per heavy atom. The number of aliphatic carboxylic acids is 1. The number of benzene rings is 2.